The summed E-state index contributed by atoms with van der Waals surface area (Å²) in [5.41, 5.74) is 1.17. The van der Waals surface area contributed by atoms with Crippen molar-refractivity contribution in [3.05, 3.63) is 25.6 Å². The summed E-state index contributed by atoms with van der Waals surface area (Å²) in [6, 6.07) is 0. The van der Waals surface area contributed by atoms with Crippen molar-refractivity contribution in [2.45, 2.75) is 42.0 Å². The number of rotatable bonds is 0. The quantitative estimate of drug-likeness (QED) is 0.719. The van der Waals surface area contributed by atoms with Crippen LogP contribution in [0.15, 0.2) is 0 Å². The first kappa shape index (κ1) is 15.2. The molecule has 90 valence electrons. The van der Waals surface area contributed by atoms with Crippen molar-refractivity contribution in [1.82, 2.24) is 15.2 Å². The second-order valence-corrected chi connectivity index (χ2v) is 6.01. The Morgan fingerprint density at radius 3 is 1.38 bits per heavy atom. The third kappa shape index (κ3) is 4.81. The van der Waals surface area contributed by atoms with Crippen molar-refractivity contribution in [3.63, 3.8) is 0 Å². The maximum atomic E-state index is 4.23. The van der Waals surface area contributed by atoms with Gasteiger partial charge in [-0.3, -0.25) is 0 Å². The van der Waals surface area contributed by atoms with Crippen LogP contribution >= 0.6 is 22.7 Å². The third-order valence-corrected chi connectivity index (χ3v) is 3.50. The van der Waals surface area contributed by atoms with Gasteiger partial charge in [-0.2, -0.15) is 0 Å². The maximum absolute atomic E-state index is 4.23. The maximum Gasteiger partial charge on any atom is 0.114 e. The van der Waals surface area contributed by atoms with Gasteiger partial charge < -0.3 is 0 Å². The molecule has 0 saturated carbocycles. The van der Waals surface area contributed by atoms with Gasteiger partial charge in [-0.25, -0.2) is 4.98 Å². The van der Waals surface area contributed by atoms with E-state index in [0.29, 0.717) is 0 Å². The van der Waals surface area contributed by atoms with Gasteiger partial charge in [0, 0.05) is 4.88 Å². The summed E-state index contributed by atoms with van der Waals surface area (Å²) in [6.45, 7) is 10.1. The molecule has 0 aliphatic carbocycles. The Balaban J connectivity index is 0.000000267. The molecule has 0 aliphatic rings. The molecule has 16 heavy (non-hydrogen) atoms. The first-order chi connectivity index (χ1) is 6.99. The topological polar surface area (TPSA) is 38.7 Å². The monoisotopic (exact) mass is 257 g/mol. The van der Waals surface area contributed by atoms with E-state index in [4.69, 9.17) is 0 Å². The van der Waals surface area contributed by atoms with Crippen LogP contribution in [0.1, 0.15) is 33.0 Å². The van der Waals surface area contributed by atoms with E-state index in [-0.39, 0.29) is 7.43 Å². The molecule has 2 aromatic rings. The van der Waals surface area contributed by atoms with Gasteiger partial charge in [0.05, 0.1) is 10.7 Å². The predicted molar refractivity (Wildman–Crippen MR) is 72.4 cm³/mol. The first-order valence-corrected chi connectivity index (χ1v) is 6.29. The number of hydrogen-bond donors (Lipinski definition) is 0. The Hall–Kier alpha value is -0.810. The molecular formula is C11H19N3S2. The summed E-state index contributed by atoms with van der Waals surface area (Å²) in [7, 11) is 0. The molecule has 0 aromatic carbocycles. The lowest BCUT2D eigenvalue weighted by Gasteiger charge is -1.77. The molecule has 2 aromatic heterocycles. The highest BCUT2D eigenvalue weighted by atomic mass is 32.1. The highest BCUT2D eigenvalue weighted by Crippen LogP contribution is 2.14. The predicted octanol–water partition coefficient (Wildman–Crippen LogP) is 3.86. The van der Waals surface area contributed by atoms with Crippen molar-refractivity contribution >= 4 is 22.7 Å². The average Bonchev–Trinajstić information content (AvgIpc) is 2.61. The van der Waals surface area contributed by atoms with E-state index in [1.165, 1.54) is 15.6 Å². The Morgan fingerprint density at radius 1 is 0.750 bits per heavy atom. The van der Waals surface area contributed by atoms with Crippen molar-refractivity contribution in [2.24, 2.45) is 0 Å². The van der Waals surface area contributed by atoms with Gasteiger partial charge in [0.2, 0.25) is 0 Å². The standard InChI is InChI=1S/C6H9NS.C4H6N2S.CH4/c1-4-5(2)8-6(3)7-4;1-3-5-6-4(2)7-3;/h1-3H3;1-2H3;1H4. The molecule has 3 nitrogen and oxygen atoms in total. The summed E-state index contributed by atoms with van der Waals surface area (Å²) < 4.78 is 0. The Bertz CT molecular complexity index is 396. The van der Waals surface area contributed by atoms with E-state index >= 15 is 0 Å². The van der Waals surface area contributed by atoms with Crippen LogP contribution in [0.4, 0.5) is 0 Å². The van der Waals surface area contributed by atoms with Gasteiger partial charge in [-0.05, 0) is 34.6 Å². The second kappa shape index (κ2) is 6.70. The van der Waals surface area contributed by atoms with E-state index in [2.05, 4.69) is 22.1 Å². The van der Waals surface area contributed by atoms with Crippen LogP contribution in [-0.4, -0.2) is 15.2 Å². The molecule has 0 spiro atoms. The molecule has 0 amide bonds. The minimum Gasteiger partial charge on any atom is -0.247 e. The zero-order valence-electron chi connectivity index (χ0n) is 9.66. The molecular weight excluding hydrogens is 238 g/mol. The van der Waals surface area contributed by atoms with Gasteiger partial charge in [-0.15, -0.1) is 32.9 Å². The van der Waals surface area contributed by atoms with E-state index in [0.717, 1.165) is 10.0 Å². The molecule has 0 unspecified atom stereocenters. The Labute approximate surface area is 106 Å². The number of nitrogens with zero attached hydrogens (tertiary/aromatic N) is 3. The van der Waals surface area contributed by atoms with Crippen LogP contribution < -0.4 is 0 Å². The molecule has 0 fully saturated rings. The molecule has 0 N–H and O–H groups in total. The van der Waals surface area contributed by atoms with E-state index in [1.54, 1.807) is 22.7 Å². The minimum absolute atomic E-state index is 0. The Morgan fingerprint density at radius 2 is 1.25 bits per heavy atom. The molecule has 0 radical (unpaired) electrons. The van der Waals surface area contributed by atoms with Crippen molar-refractivity contribution in [3.8, 4) is 0 Å². The Kier molecular flexibility index (Phi) is 6.36. The normalized spacial score (nSPS) is 9.06. The van der Waals surface area contributed by atoms with Crippen LogP contribution in [0, 0.1) is 34.6 Å². The summed E-state index contributed by atoms with van der Waals surface area (Å²) >= 11 is 3.38. The molecule has 2 heterocycles. The fourth-order valence-electron chi connectivity index (χ4n) is 1.03. The molecule has 0 aliphatic heterocycles. The molecule has 0 bridgehead atoms. The smallest absolute Gasteiger partial charge is 0.114 e. The molecule has 5 heteroatoms. The minimum atomic E-state index is 0. The van der Waals surface area contributed by atoms with Gasteiger partial charge in [0.1, 0.15) is 10.0 Å². The first-order valence-electron chi connectivity index (χ1n) is 4.66. The molecule has 2 rings (SSSR count). The second-order valence-electron chi connectivity index (χ2n) is 3.21. The zero-order chi connectivity index (χ0) is 11.4. The van der Waals surface area contributed by atoms with Crippen LogP contribution in [-0.2, 0) is 0 Å². The summed E-state index contributed by atoms with van der Waals surface area (Å²) in [5.74, 6) is 0. The number of hydrogen-bond acceptors (Lipinski definition) is 5. The van der Waals surface area contributed by atoms with Crippen LogP contribution in [0.3, 0.4) is 0 Å². The number of thiazole rings is 1. The lowest BCUT2D eigenvalue weighted by atomic mass is 10.4. The summed E-state index contributed by atoms with van der Waals surface area (Å²) in [5, 5.41) is 10.8. The van der Waals surface area contributed by atoms with E-state index in [9.17, 15) is 0 Å². The van der Waals surface area contributed by atoms with Crippen LogP contribution in [0.2, 0.25) is 0 Å². The third-order valence-electron chi connectivity index (χ3n) is 1.76. The lowest BCUT2D eigenvalue weighted by Crippen LogP contribution is -1.71. The highest BCUT2D eigenvalue weighted by Gasteiger charge is 1.95. The zero-order valence-corrected chi connectivity index (χ0v) is 11.3. The number of aryl methyl sites for hydroxylation is 5. The van der Waals surface area contributed by atoms with E-state index < -0.39 is 0 Å². The largest absolute Gasteiger partial charge is 0.247 e. The molecule has 0 saturated heterocycles. The van der Waals surface area contributed by atoms with Crippen LogP contribution in [0.5, 0.6) is 0 Å². The van der Waals surface area contributed by atoms with Gasteiger partial charge in [0.15, 0.2) is 0 Å². The fourth-order valence-corrected chi connectivity index (χ4v) is 2.44. The molecule has 0 atom stereocenters. The average molecular weight is 257 g/mol. The SMILES string of the molecule is C.Cc1nc(C)c(C)s1.Cc1nnc(C)s1. The van der Waals surface area contributed by atoms with Gasteiger partial charge in [0.25, 0.3) is 0 Å². The van der Waals surface area contributed by atoms with Crippen molar-refractivity contribution in [2.75, 3.05) is 0 Å². The van der Waals surface area contributed by atoms with Crippen molar-refractivity contribution < 1.29 is 0 Å². The summed E-state index contributed by atoms with van der Waals surface area (Å²) in [4.78, 5) is 5.56. The summed E-state index contributed by atoms with van der Waals surface area (Å²) in [6.07, 6.45) is 0. The van der Waals surface area contributed by atoms with Gasteiger partial charge in [-0.1, -0.05) is 7.43 Å². The van der Waals surface area contributed by atoms with Crippen molar-refractivity contribution in [1.29, 1.82) is 0 Å². The lowest BCUT2D eigenvalue weighted by molar-refractivity contribution is 1.02. The van der Waals surface area contributed by atoms with E-state index in [1.807, 2.05) is 27.7 Å². The van der Waals surface area contributed by atoms with Crippen LogP contribution in [0.25, 0.3) is 0 Å². The fraction of sp³-hybridized carbons (Fsp3) is 0.545. The highest BCUT2D eigenvalue weighted by molar-refractivity contribution is 7.11. The number of aromatic nitrogens is 3. The van der Waals surface area contributed by atoms with Gasteiger partial charge >= 0.3 is 0 Å².